The number of nitriles is 1. The Morgan fingerprint density at radius 3 is 2.15 bits per heavy atom. The lowest BCUT2D eigenvalue weighted by Gasteiger charge is -2.25. The molecule has 0 saturated carbocycles. The summed E-state index contributed by atoms with van der Waals surface area (Å²) < 4.78 is 5.89. The van der Waals surface area contributed by atoms with Gasteiger partial charge in [-0.2, -0.15) is 5.26 Å². The van der Waals surface area contributed by atoms with Crippen molar-refractivity contribution in [2.24, 2.45) is 0 Å². The van der Waals surface area contributed by atoms with Crippen molar-refractivity contribution in [1.29, 1.82) is 5.26 Å². The highest BCUT2D eigenvalue weighted by Crippen LogP contribution is 2.25. The van der Waals surface area contributed by atoms with Gasteiger partial charge in [0.1, 0.15) is 11.3 Å². The van der Waals surface area contributed by atoms with Crippen molar-refractivity contribution >= 4 is 0 Å². The summed E-state index contributed by atoms with van der Waals surface area (Å²) in [6.45, 7) is 10.4. The maximum Gasteiger partial charge on any atom is 0.119 e. The molecular weight excluding hydrogens is 248 g/mol. The Bertz CT molecular complexity index is 467. The smallest absolute Gasteiger partial charge is 0.119 e. The van der Waals surface area contributed by atoms with Crippen LogP contribution in [0.5, 0.6) is 5.75 Å². The molecule has 1 aromatic carbocycles. The molecule has 0 fully saturated rings. The molecule has 0 heterocycles. The van der Waals surface area contributed by atoms with Gasteiger partial charge in [-0.15, -0.1) is 0 Å². The van der Waals surface area contributed by atoms with E-state index in [0.717, 1.165) is 5.75 Å². The van der Waals surface area contributed by atoms with Crippen LogP contribution in [0.4, 0.5) is 0 Å². The lowest BCUT2D eigenvalue weighted by atomic mass is 9.87. The van der Waals surface area contributed by atoms with Gasteiger partial charge in [-0.05, 0) is 44.0 Å². The highest BCUT2D eigenvalue weighted by Gasteiger charge is 2.25. The SMILES string of the molecule is CNC(C)(C#N)CC(C)Oc1ccc(C(C)(C)C)cc1. The van der Waals surface area contributed by atoms with E-state index in [0.29, 0.717) is 6.42 Å². The van der Waals surface area contributed by atoms with Gasteiger partial charge in [0.2, 0.25) is 0 Å². The minimum Gasteiger partial charge on any atom is -0.491 e. The summed E-state index contributed by atoms with van der Waals surface area (Å²) in [7, 11) is 1.80. The topological polar surface area (TPSA) is 45.0 Å². The van der Waals surface area contributed by atoms with E-state index in [9.17, 15) is 0 Å². The highest BCUT2D eigenvalue weighted by atomic mass is 16.5. The van der Waals surface area contributed by atoms with Crippen molar-refractivity contribution in [2.75, 3.05) is 7.05 Å². The van der Waals surface area contributed by atoms with Crippen LogP contribution in [0.2, 0.25) is 0 Å². The summed E-state index contributed by atoms with van der Waals surface area (Å²) in [6.07, 6.45) is 0.619. The zero-order chi connectivity index (χ0) is 15.4. The number of benzene rings is 1. The first kappa shape index (κ1) is 16.5. The van der Waals surface area contributed by atoms with Gasteiger partial charge in [-0.25, -0.2) is 0 Å². The van der Waals surface area contributed by atoms with Crippen LogP contribution in [0.25, 0.3) is 0 Å². The molecule has 0 radical (unpaired) electrons. The van der Waals surface area contributed by atoms with Gasteiger partial charge < -0.3 is 10.1 Å². The molecule has 1 rings (SSSR count). The molecule has 0 saturated heterocycles. The summed E-state index contributed by atoms with van der Waals surface area (Å²) >= 11 is 0. The molecule has 110 valence electrons. The number of nitrogens with zero attached hydrogens (tertiary/aromatic N) is 1. The van der Waals surface area contributed by atoms with Gasteiger partial charge in [0, 0.05) is 6.42 Å². The van der Waals surface area contributed by atoms with E-state index >= 15 is 0 Å². The molecule has 0 bridgehead atoms. The lowest BCUT2D eigenvalue weighted by molar-refractivity contribution is 0.182. The van der Waals surface area contributed by atoms with Crippen molar-refractivity contribution in [3.8, 4) is 11.8 Å². The molecule has 0 aliphatic carbocycles. The Labute approximate surface area is 123 Å². The second-order valence-electron chi connectivity index (χ2n) is 6.60. The first-order valence-corrected chi connectivity index (χ1v) is 7.07. The first-order valence-electron chi connectivity index (χ1n) is 7.07. The van der Waals surface area contributed by atoms with Crippen molar-refractivity contribution < 1.29 is 4.74 Å². The largest absolute Gasteiger partial charge is 0.491 e. The summed E-state index contributed by atoms with van der Waals surface area (Å²) in [4.78, 5) is 0. The van der Waals surface area contributed by atoms with Gasteiger partial charge >= 0.3 is 0 Å². The molecule has 2 unspecified atom stereocenters. The first-order chi connectivity index (χ1) is 9.20. The summed E-state index contributed by atoms with van der Waals surface area (Å²) in [5.74, 6) is 0.849. The molecule has 3 nitrogen and oxygen atoms in total. The maximum atomic E-state index is 9.16. The Kier molecular flexibility index (Phi) is 5.19. The molecule has 3 heteroatoms. The van der Waals surface area contributed by atoms with Crippen LogP contribution in [0.15, 0.2) is 24.3 Å². The van der Waals surface area contributed by atoms with E-state index in [4.69, 9.17) is 10.00 Å². The van der Waals surface area contributed by atoms with Crippen molar-refractivity contribution in [1.82, 2.24) is 5.32 Å². The van der Waals surface area contributed by atoms with Crippen molar-refractivity contribution in [3.05, 3.63) is 29.8 Å². The molecule has 1 aromatic rings. The van der Waals surface area contributed by atoms with Crippen LogP contribution in [0, 0.1) is 11.3 Å². The normalized spacial score (nSPS) is 16.1. The zero-order valence-electron chi connectivity index (χ0n) is 13.4. The third-order valence-corrected chi connectivity index (χ3v) is 3.55. The van der Waals surface area contributed by atoms with E-state index in [1.807, 2.05) is 26.0 Å². The summed E-state index contributed by atoms with van der Waals surface area (Å²) in [6, 6.07) is 10.5. The third kappa shape index (κ3) is 4.54. The molecule has 1 N–H and O–H groups in total. The number of nitrogens with one attached hydrogen (secondary N) is 1. The second-order valence-corrected chi connectivity index (χ2v) is 6.60. The quantitative estimate of drug-likeness (QED) is 0.891. The molecule has 2 atom stereocenters. The van der Waals surface area contributed by atoms with Crippen LogP contribution in [-0.2, 0) is 5.41 Å². The monoisotopic (exact) mass is 274 g/mol. The van der Waals surface area contributed by atoms with Crippen LogP contribution in [0.3, 0.4) is 0 Å². The van der Waals surface area contributed by atoms with E-state index < -0.39 is 5.54 Å². The van der Waals surface area contributed by atoms with Gasteiger partial charge in [-0.1, -0.05) is 32.9 Å². The number of hydrogen-bond donors (Lipinski definition) is 1. The Balaban J connectivity index is 2.68. The fraction of sp³-hybridized carbons (Fsp3) is 0.588. The van der Waals surface area contributed by atoms with E-state index in [1.165, 1.54) is 5.56 Å². The highest BCUT2D eigenvalue weighted by molar-refractivity contribution is 5.31. The number of hydrogen-bond acceptors (Lipinski definition) is 3. The Hall–Kier alpha value is -1.53. The fourth-order valence-corrected chi connectivity index (χ4v) is 2.09. The van der Waals surface area contributed by atoms with E-state index in [-0.39, 0.29) is 11.5 Å². The van der Waals surface area contributed by atoms with Crippen LogP contribution in [-0.4, -0.2) is 18.7 Å². The zero-order valence-corrected chi connectivity index (χ0v) is 13.4. The second kappa shape index (κ2) is 6.28. The number of ether oxygens (including phenoxy) is 1. The molecular formula is C17H26N2O. The molecule has 0 aliphatic heterocycles. The lowest BCUT2D eigenvalue weighted by Crippen LogP contribution is -2.41. The molecule has 0 aliphatic rings. The fourth-order valence-electron chi connectivity index (χ4n) is 2.09. The average molecular weight is 274 g/mol. The van der Waals surface area contributed by atoms with Gasteiger partial charge in [0.05, 0.1) is 12.2 Å². The molecule has 0 aromatic heterocycles. The van der Waals surface area contributed by atoms with Gasteiger partial charge in [-0.3, -0.25) is 0 Å². The van der Waals surface area contributed by atoms with Crippen LogP contribution in [0.1, 0.15) is 46.6 Å². The van der Waals surface area contributed by atoms with E-state index in [1.54, 1.807) is 7.05 Å². The summed E-state index contributed by atoms with van der Waals surface area (Å²) in [5.41, 5.74) is 0.884. The Morgan fingerprint density at radius 1 is 1.20 bits per heavy atom. The minimum absolute atomic E-state index is 0.0208. The summed E-state index contributed by atoms with van der Waals surface area (Å²) in [5, 5.41) is 12.2. The van der Waals surface area contributed by atoms with Crippen molar-refractivity contribution in [2.45, 2.75) is 58.1 Å². The molecule has 20 heavy (non-hydrogen) atoms. The van der Waals surface area contributed by atoms with Gasteiger partial charge in [0.15, 0.2) is 0 Å². The maximum absolute atomic E-state index is 9.16. The molecule has 0 spiro atoms. The predicted molar refractivity (Wildman–Crippen MR) is 82.9 cm³/mol. The average Bonchev–Trinajstić information content (AvgIpc) is 2.38. The minimum atomic E-state index is -0.551. The van der Waals surface area contributed by atoms with E-state index in [2.05, 4.69) is 44.3 Å². The third-order valence-electron chi connectivity index (χ3n) is 3.55. The van der Waals surface area contributed by atoms with Crippen molar-refractivity contribution in [3.63, 3.8) is 0 Å². The van der Waals surface area contributed by atoms with Crippen LogP contribution >= 0.6 is 0 Å². The standard InChI is InChI=1S/C17H26N2O/c1-13(11-17(5,12-18)19-6)20-15-9-7-14(8-10-15)16(2,3)4/h7-10,13,19H,11H2,1-6H3. The predicted octanol–water partition coefficient (Wildman–Crippen LogP) is 3.64. The van der Waals surface area contributed by atoms with Gasteiger partial charge in [0.25, 0.3) is 0 Å². The molecule has 0 amide bonds. The Morgan fingerprint density at radius 2 is 1.75 bits per heavy atom. The number of rotatable bonds is 5. The van der Waals surface area contributed by atoms with Crippen LogP contribution < -0.4 is 10.1 Å².